The van der Waals surface area contributed by atoms with E-state index in [0.717, 1.165) is 3.57 Å². The van der Waals surface area contributed by atoms with Crippen molar-refractivity contribution in [2.24, 2.45) is 0 Å². The molecule has 0 unspecified atom stereocenters. The van der Waals surface area contributed by atoms with Gasteiger partial charge in [0.05, 0.1) is 35.6 Å². The maximum atomic E-state index is 12.1. The Morgan fingerprint density at radius 3 is 2.61 bits per heavy atom. The van der Waals surface area contributed by atoms with Crippen molar-refractivity contribution in [3.8, 4) is 5.75 Å². The summed E-state index contributed by atoms with van der Waals surface area (Å²) in [6, 6.07) is 3.31. The second-order valence-electron chi connectivity index (χ2n) is 6.88. The van der Waals surface area contributed by atoms with Gasteiger partial charge in [-0.3, -0.25) is 0 Å². The number of halogens is 1. The van der Waals surface area contributed by atoms with Crippen LogP contribution in [-0.4, -0.2) is 57.6 Å². The van der Waals surface area contributed by atoms with Crippen molar-refractivity contribution in [2.45, 2.75) is 37.6 Å². The van der Waals surface area contributed by atoms with Gasteiger partial charge in [0.15, 0.2) is 5.79 Å². The molecule has 3 atom stereocenters. The highest BCUT2D eigenvalue weighted by Crippen LogP contribution is 2.44. The number of fused-ring (bicyclic) bond motifs is 1. The van der Waals surface area contributed by atoms with Crippen LogP contribution in [0.2, 0.25) is 0 Å². The lowest BCUT2D eigenvalue weighted by molar-refractivity contribution is -0.275. The number of hydroxylamine groups is 1. The summed E-state index contributed by atoms with van der Waals surface area (Å²) in [7, 11) is 4.39. The Morgan fingerprint density at radius 1 is 1.32 bits per heavy atom. The number of benzene rings is 1. The first-order chi connectivity index (χ1) is 13.2. The Bertz CT molecular complexity index is 784. The zero-order chi connectivity index (χ0) is 20.7. The van der Waals surface area contributed by atoms with Gasteiger partial charge in [-0.25, -0.2) is 14.7 Å². The van der Waals surface area contributed by atoms with Crippen LogP contribution >= 0.6 is 22.6 Å². The minimum absolute atomic E-state index is 0.339. The minimum atomic E-state index is -1.26. The van der Waals surface area contributed by atoms with Crippen molar-refractivity contribution in [1.29, 1.82) is 0 Å². The van der Waals surface area contributed by atoms with Gasteiger partial charge in [0.25, 0.3) is 0 Å². The van der Waals surface area contributed by atoms with E-state index < -0.39 is 23.6 Å². The van der Waals surface area contributed by atoms with Gasteiger partial charge in [0.2, 0.25) is 5.79 Å². The Kier molecular flexibility index (Phi) is 5.93. The highest BCUT2D eigenvalue weighted by molar-refractivity contribution is 14.1. The number of methoxy groups -OCH3 is 3. The van der Waals surface area contributed by atoms with Crippen LogP contribution in [0, 0.1) is 3.57 Å². The fourth-order valence-electron chi connectivity index (χ4n) is 3.42. The van der Waals surface area contributed by atoms with Gasteiger partial charge in [-0.1, -0.05) is 6.58 Å². The Hall–Kier alpha value is -1.40. The second kappa shape index (κ2) is 7.79. The molecule has 0 spiro atoms. The van der Waals surface area contributed by atoms with E-state index in [0.29, 0.717) is 23.5 Å². The van der Waals surface area contributed by atoms with Gasteiger partial charge in [0, 0.05) is 7.11 Å². The van der Waals surface area contributed by atoms with Crippen LogP contribution in [-0.2, 0) is 23.8 Å². The van der Waals surface area contributed by atoms with Gasteiger partial charge in [-0.2, -0.15) is 0 Å². The molecule has 0 saturated carbocycles. The molecule has 0 aliphatic carbocycles. The van der Waals surface area contributed by atoms with Crippen LogP contribution in [0.1, 0.15) is 24.2 Å². The van der Waals surface area contributed by atoms with Crippen molar-refractivity contribution in [2.75, 3.05) is 32.9 Å². The minimum Gasteiger partial charge on any atom is -0.496 e. The van der Waals surface area contributed by atoms with Crippen LogP contribution in [0.5, 0.6) is 5.75 Å². The molecule has 8 nitrogen and oxygen atoms in total. The highest BCUT2D eigenvalue weighted by atomic mass is 127. The molecule has 2 heterocycles. The maximum Gasteiger partial charge on any atom is 0.338 e. The summed E-state index contributed by atoms with van der Waals surface area (Å²) in [5, 5.41) is 1.62. The van der Waals surface area contributed by atoms with E-state index >= 15 is 0 Å². The summed E-state index contributed by atoms with van der Waals surface area (Å²) in [4.78, 5) is 18.3. The van der Waals surface area contributed by atoms with Crippen molar-refractivity contribution in [3.05, 3.63) is 33.9 Å². The first kappa shape index (κ1) is 21.3. The lowest BCUT2D eigenvalue weighted by Crippen LogP contribution is -2.61. The number of carbonyl (C=O) groups excluding carboxylic acids is 1. The average molecular weight is 505 g/mol. The number of hydrogen-bond acceptors (Lipinski definition) is 8. The van der Waals surface area contributed by atoms with E-state index in [4.69, 9.17) is 28.5 Å². The van der Waals surface area contributed by atoms with E-state index in [9.17, 15) is 4.79 Å². The predicted molar refractivity (Wildman–Crippen MR) is 109 cm³/mol. The molecule has 154 valence electrons. The summed E-state index contributed by atoms with van der Waals surface area (Å²) in [5.41, 5.74) is 0.960. The van der Waals surface area contributed by atoms with Gasteiger partial charge < -0.3 is 23.7 Å². The van der Waals surface area contributed by atoms with E-state index in [1.165, 1.54) is 21.3 Å². The van der Waals surface area contributed by atoms with Crippen molar-refractivity contribution >= 4 is 34.2 Å². The molecule has 0 N–H and O–H groups in total. The lowest BCUT2D eigenvalue weighted by atomic mass is 10.0. The molecule has 0 amide bonds. The van der Waals surface area contributed by atoms with Gasteiger partial charge in [-0.05, 0) is 54.6 Å². The fraction of sp³-hybridized carbons (Fsp3) is 0.526. The van der Waals surface area contributed by atoms with Crippen LogP contribution in [0.4, 0.5) is 5.69 Å². The molecule has 0 radical (unpaired) electrons. The zero-order valence-electron chi connectivity index (χ0n) is 16.5. The molecule has 2 saturated heterocycles. The monoisotopic (exact) mass is 505 g/mol. The Balaban J connectivity index is 2.06. The van der Waals surface area contributed by atoms with Crippen LogP contribution in [0.25, 0.3) is 0 Å². The molecule has 9 heteroatoms. The topological polar surface area (TPSA) is 75.7 Å². The van der Waals surface area contributed by atoms with E-state index in [2.05, 4.69) is 29.2 Å². The first-order valence-electron chi connectivity index (χ1n) is 8.67. The quantitative estimate of drug-likeness (QED) is 0.344. The average Bonchev–Trinajstić information content (AvgIpc) is 3.00. The molecular weight excluding hydrogens is 481 g/mol. The number of anilines is 1. The molecule has 2 aliphatic rings. The summed E-state index contributed by atoms with van der Waals surface area (Å²) in [6.45, 7) is 7.90. The molecule has 1 aromatic carbocycles. The molecule has 2 fully saturated rings. The molecule has 2 aliphatic heterocycles. The fourth-order valence-corrected chi connectivity index (χ4v) is 4.22. The van der Waals surface area contributed by atoms with Gasteiger partial charge in [-0.15, -0.1) is 0 Å². The predicted octanol–water partition coefficient (Wildman–Crippen LogP) is 2.89. The van der Waals surface area contributed by atoms with E-state index in [1.807, 2.05) is 13.8 Å². The highest BCUT2D eigenvalue weighted by Gasteiger charge is 2.58. The molecule has 28 heavy (non-hydrogen) atoms. The number of esters is 1. The molecular formula is C19H24INO7. The van der Waals surface area contributed by atoms with Crippen molar-refractivity contribution in [3.63, 3.8) is 0 Å². The second-order valence-corrected chi connectivity index (χ2v) is 7.96. The summed E-state index contributed by atoms with van der Waals surface area (Å²) < 4.78 is 28.8. The number of rotatable bonds is 5. The first-order valence-corrected chi connectivity index (χ1v) is 9.75. The van der Waals surface area contributed by atoms with Gasteiger partial charge in [0.1, 0.15) is 18.0 Å². The molecule has 0 aromatic heterocycles. The Morgan fingerprint density at radius 2 is 2.04 bits per heavy atom. The summed E-state index contributed by atoms with van der Waals surface area (Å²) in [6.07, 6.45) is 0.713. The van der Waals surface area contributed by atoms with Crippen LogP contribution < -0.4 is 9.80 Å². The van der Waals surface area contributed by atoms with E-state index in [-0.39, 0.29) is 6.10 Å². The molecule has 0 bridgehead atoms. The van der Waals surface area contributed by atoms with Crippen LogP contribution in [0.3, 0.4) is 0 Å². The largest absolute Gasteiger partial charge is 0.496 e. The normalized spacial score (nSPS) is 28.6. The lowest BCUT2D eigenvalue weighted by Gasteiger charge is -2.45. The third-order valence-corrected chi connectivity index (χ3v) is 5.80. The number of ether oxygens (including phenoxy) is 5. The maximum absolute atomic E-state index is 12.1. The smallest absolute Gasteiger partial charge is 0.338 e. The molecule has 3 rings (SSSR count). The van der Waals surface area contributed by atoms with Gasteiger partial charge >= 0.3 is 5.97 Å². The van der Waals surface area contributed by atoms with Crippen molar-refractivity contribution in [1.82, 2.24) is 0 Å². The standard InChI is InChI=1S/C19H24INO7/c1-7-19(25-6)16-14(26-18(2,3)27-16)10-21(28-19)12-8-11(17(22)24-5)9-13(23-4)15(12)20/h7-9,14,16H,1,10H2,2-6H3/t14-,16-,19+/m0/s1. The SMILES string of the molecule is C=C[C@@]1(OC)ON(c2cc(C(=O)OC)cc(OC)c2I)C[C@@H]2OC(C)(C)O[C@@H]21. The molecule has 1 aromatic rings. The number of hydrogen-bond donors (Lipinski definition) is 0. The third kappa shape index (κ3) is 3.61. The Labute approximate surface area is 177 Å². The zero-order valence-corrected chi connectivity index (χ0v) is 18.6. The number of carbonyl (C=O) groups is 1. The summed E-state index contributed by atoms with van der Waals surface area (Å²) >= 11 is 2.14. The van der Waals surface area contributed by atoms with Crippen LogP contribution in [0.15, 0.2) is 24.8 Å². The third-order valence-electron chi connectivity index (χ3n) is 4.71. The summed E-state index contributed by atoms with van der Waals surface area (Å²) in [5.74, 6) is -2.00. The van der Waals surface area contributed by atoms with E-state index in [1.54, 1.807) is 23.3 Å². The van der Waals surface area contributed by atoms with Crippen molar-refractivity contribution < 1.29 is 33.3 Å². The number of nitrogens with zero attached hydrogens (tertiary/aromatic N) is 1.